The average molecular weight is 298 g/mol. The Bertz CT molecular complexity index is 545. The van der Waals surface area contributed by atoms with Crippen LogP contribution in [-0.2, 0) is 14.3 Å². The summed E-state index contributed by atoms with van der Waals surface area (Å²) in [5.74, 6) is -0.388. The van der Waals surface area contributed by atoms with Crippen LogP contribution in [0.2, 0.25) is 0 Å². The Balaban J connectivity index is 2.01. The van der Waals surface area contributed by atoms with Crippen molar-refractivity contribution in [3.8, 4) is 0 Å². The topological polar surface area (TPSA) is 122 Å². The number of nitrogens with zero attached hydrogens (tertiary/aromatic N) is 1. The summed E-state index contributed by atoms with van der Waals surface area (Å²) >= 11 is 0. The van der Waals surface area contributed by atoms with Crippen molar-refractivity contribution in [1.82, 2.24) is 9.97 Å². The molecule has 0 radical (unpaired) electrons. The molecule has 1 aliphatic rings. The monoisotopic (exact) mass is 298 g/mol. The van der Waals surface area contributed by atoms with E-state index in [1.807, 2.05) is 6.92 Å². The van der Waals surface area contributed by atoms with Crippen LogP contribution < -0.4 is 5.69 Å². The molecule has 4 atom stereocenters. The highest BCUT2D eigenvalue weighted by Gasteiger charge is 2.44. The quantitative estimate of drug-likeness (QED) is 0.613. The van der Waals surface area contributed by atoms with Crippen molar-refractivity contribution in [1.29, 1.82) is 0 Å². The summed E-state index contributed by atoms with van der Waals surface area (Å²) in [7, 11) is 0. The maximum Gasteiger partial charge on any atom is 0.345 e. The van der Waals surface area contributed by atoms with E-state index in [0.29, 0.717) is 6.42 Å². The van der Waals surface area contributed by atoms with E-state index >= 15 is 0 Å². The Morgan fingerprint density at radius 2 is 2.24 bits per heavy atom. The fraction of sp³-hybridized carbons (Fsp3) is 0.615. The molecule has 0 unspecified atom stereocenters. The van der Waals surface area contributed by atoms with Crippen molar-refractivity contribution in [3.05, 3.63) is 28.4 Å². The van der Waals surface area contributed by atoms with E-state index in [2.05, 4.69) is 9.97 Å². The van der Waals surface area contributed by atoms with E-state index in [1.165, 1.54) is 12.3 Å². The van der Waals surface area contributed by atoms with Gasteiger partial charge in [-0.05, 0) is 12.5 Å². The smallest absolute Gasteiger partial charge is 0.345 e. The molecule has 0 amide bonds. The van der Waals surface area contributed by atoms with Gasteiger partial charge >= 0.3 is 11.7 Å². The van der Waals surface area contributed by atoms with Crippen LogP contribution in [-0.4, -0.2) is 51.1 Å². The number of nitrogens with one attached hydrogen (secondary N) is 1. The van der Waals surface area contributed by atoms with Gasteiger partial charge in [0.1, 0.15) is 31.0 Å². The van der Waals surface area contributed by atoms with Crippen molar-refractivity contribution in [2.24, 2.45) is 0 Å². The van der Waals surface area contributed by atoms with Crippen LogP contribution in [0.15, 0.2) is 17.1 Å². The third-order valence-corrected chi connectivity index (χ3v) is 3.21. The fourth-order valence-corrected chi connectivity index (χ4v) is 2.13. The van der Waals surface area contributed by atoms with E-state index < -0.39 is 30.1 Å². The second kappa shape index (κ2) is 6.79. The highest BCUT2D eigenvalue weighted by molar-refractivity contribution is 5.69. The minimum absolute atomic E-state index is 0.156. The van der Waals surface area contributed by atoms with Crippen LogP contribution in [0, 0.1) is 0 Å². The number of aromatic amines is 1. The largest absolute Gasteiger partial charge is 0.463 e. The van der Waals surface area contributed by atoms with Crippen molar-refractivity contribution in [2.75, 3.05) is 6.61 Å². The Morgan fingerprint density at radius 1 is 1.48 bits per heavy atom. The number of aliphatic hydroxyl groups excluding tert-OH is 2. The molecular weight excluding hydrogens is 280 g/mol. The number of esters is 1. The molecule has 0 aliphatic carbocycles. The van der Waals surface area contributed by atoms with Crippen LogP contribution in [0.5, 0.6) is 0 Å². The van der Waals surface area contributed by atoms with Gasteiger partial charge < -0.3 is 24.7 Å². The van der Waals surface area contributed by atoms with Gasteiger partial charge in [0.15, 0.2) is 0 Å². The number of hydrogen-bond donors (Lipinski definition) is 3. The molecule has 8 heteroatoms. The molecule has 8 nitrogen and oxygen atoms in total. The van der Waals surface area contributed by atoms with Crippen LogP contribution in [0.25, 0.3) is 0 Å². The standard InChI is InChI=1S/C13H18N2O6/c1-2-3-9(16)20-6-8-10(17)11(18)12(21-8)7-4-5-14-13(19)15-7/h4-5,8,10-12,17-18H,2-3,6H2,1H3,(H,14,15,19)/t8-,10-,11-,12-/m1/s1. The first-order valence-electron chi connectivity index (χ1n) is 6.75. The number of rotatable bonds is 5. The predicted octanol–water partition coefficient (Wildman–Crippen LogP) is -0.725. The van der Waals surface area contributed by atoms with Crippen molar-refractivity contribution < 1.29 is 24.5 Å². The summed E-state index contributed by atoms with van der Waals surface area (Å²) in [5, 5.41) is 19.9. The van der Waals surface area contributed by atoms with Gasteiger partial charge in [0.25, 0.3) is 0 Å². The van der Waals surface area contributed by atoms with Crippen LogP contribution in [0.1, 0.15) is 31.6 Å². The second-order valence-electron chi connectivity index (χ2n) is 4.83. The van der Waals surface area contributed by atoms with Gasteiger partial charge in [-0.15, -0.1) is 0 Å². The first-order chi connectivity index (χ1) is 10.0. The maximum absolute atomic E-state index is 11.3. The van der Waals surface area contributed by atoms with Gasteiger partial charge in [0, 0.05) is 12.6 Å². The van der Waals surface area contributed by atoms with Crippen molar-refractivity contribution in [3.63, 3.8) is 0 Å². The van der Waals surface area contributed by atoms with Gasteiger partial charge in [-0.1, -0.05) is 6.92 Å². The highest BCUT2D eigenvalue weighted by Crippen LogP contribution is 2.32. The molecule has 1 aromatic rings. The number of ether oxygens (including phenoxy) is 2. The van der Waals surface area contributed by atoms with Crippen LogP contribution in [0.3, 0.4) is 0 Å². The van der Waals surface area contributed by atoms with Crippen LogP contribution in [0.4, 0.5) is 0 Å². The van der Waals surface area contributed by atoms with E-state index in [1.54, 1.807) is 0 Å². The Morgan fingerprint density at radius 3 is 2.90 bits per heavy atom. The van der Waals surface area contributed by atoms with Gasteiger partial charge in [-0.3, -0.25) is 4.79 Å². The van der Waals surface area contributed by atoms with Crippen LogP contribution >= 0.6 is 0 Å². The zero-order chi connectivity index (χ0) is 15.4. The van der Waals surface area contributed by atoms with E-state index in [9.17, 15) is 19.8 Å². The third-order valence-electron chi connectivity index (χ3n) is 3.21. The lowest BCUT2D eigenvalue weighted by atomic mass is 10.1. The molecule has 1 aliphatic heterocycles. The molecule has 0 spiro atoms. The normalized spacial score (nSPS) is 28.5. The van der Waals surface area contributed by atoms with Gasteiger partial charge in [0.2, 0.25) is 0 Å². The summed E-state index contributed by atoms with van der Waals surface area (Å²) in [4.78, 5) is 28.5. The minimum atomic E-state index is -1.24. The molecule has 3 N–H and O–H groups in total. The number of aromatic nitrogens is 2. The molecule has 1 aromatic heterocycles. The van der Waals surface area contributed by atoms with Gasteiger partial charge in [0.05, 0.1) is 5.69 Å². The van der Waals surface area contributed by atoms with Gasteiger partial charge in [-0.25, -0.2) is 4.79 Å². The molecule has 21 heavy (non-hydrogen) atoms. The fourth-order valence-electron chi connectivity index (χ4n) is 2.13. The number of carbonyl (C=O) groups excluding carboxylic acids is 1. The average Bonchev–Trinajstić information content (AvgIpc) is 2.73. The Labute approximate surface area is 120 Å². The summed E-state index contributed by atoms with van der Waals surface area (Å²) in [6.07, 6.45) is -1.93. The minimum Gasteiger partial charge on any atom is -0.463 e. The highest BCUT2D eigenvalue weighted by atomic mass is 16.6. The predicted molar refractivity (Wildman–Crippen MR) is 70.4 cm³/mol. The molecule has 0 bridgehead atoms. The lowest BCUT2D eigenvalue weighted by Crippen LogP contribution is -2.34. The van der Waals surface area contributed by atoms with E-state index in [-0.39, 0.29) is 24.7 Å². The summed E-state index contributed by atoms with van der Waals surface area (Å²) in [5.41, 5.74) is -0.358. The Kier molecular flexibility index (Phi) is 5.05. The number of aliphatic hydroxyl groups is 2. The Hall–Kier alpha value is -1.77. The second-order valence-corrected chi connectivity index (χ2v) is 4.83. The SMILES string of the molecule is CCCC(=O)OC[C@H]1O[C@H](c2cc[nH]c(=O)n2)[C@H](O)[C@@H]1O. The summed E-state index contributed by atoms with van der Waals surface area (Å²) < 4.78 is 10.4. The third kappa shape index (κ3) is 3.66. The molecule has 116 valence electrons. The molecule has 0 aromatic carbocycles. The molecule has 1 fully saturated rings. The first kappa shape index (κ1) is 15.6. The summed E-state index contributed by atoms with van der Waals surface area (Å²) in [6.45, 7) is 1.69. The van der Waals surface area contributed by atoms with Crippen molar-refractivity contribution in [2.45, 2.75) is 44.2 Å². The molecule has 2 rings (SSSR count). The first-order valence-corrected chi connectivity index (χ1v) is 6.75. The number of H-pyrrole nitrogens is 1. The number of hydrogen-bond acceptors (Lipinski definition) is 7. The van der Waals surface area contributed by atoms with E-state index in [4.69, 9.17) is 9.47 Å². The maximum atomic E-state index is 11.3. The van der Waals surface area contributed by atoms with E-state index in [0.717, 1.165) is 0 Å². The van der Waals surface area contributed by atoms with Gasteiger partial charge in [-0.2, -0.15) is 4.98 Å². The summed E-state index contributed by atoms with van der Waals surface area (Å²) in [6, 6.07) is 1.48. The zero-order valence-electron chi connectivity index (χ0n) is 11.6. The van der Waals surface area contributed by atoms with Crippen molar-refractivity contribution >= 4 is 5.97 Å². The molecule has 2 heterocycles. The zero-order valence-corrected chi connectivity index (χ0v) is 11.6. The lowest BCUT2D eigenvalue weighted by molar-refractivity contribution is -0.149. The molecule has 1 saturated heterocycles. The molecule has 0 saturated carbocycles. The molecular formula is C13H18N2O6. The lowest BCUT2D eigenvalue weighted by Gasteiger charge is -2.14. The number of carbonyl (C=O) groups is 1.